The predicted octanol–water partition coefficient (Wildman–Crippen LogP) is 7.04. The Labute approximate surface area is 207 Å². The summed E-state index contributed by atoms with van der Waals surface area (Å²) in [5.74, 6) is -0.0635. The Morgan fingerprint density at radius 3 is 2.74 bits per heavy atom. The van der Waals surface area contributed by atoms with Gasteiger partial charge in [0.2, 0.25) is 0 Å². The van der Waals surface area contributed by atoms with Gasteiger partial charge < -0.3 is 15.2 Å². The molecule has 0 fully saturated rings. The van der Waals surface area contributed by atoms with Crippen LogP contribution in [0.5, 0.6) is 5.75 Å². The summed E-state index contributed by atoms with van der Waals surface area (Å²) in [5, 5.41) is 14.2. The van der Waals surface area contributed by atoms with Crippen LogP contribution in [0.3, 0.4) is 0 Å². The van der Waals surface area contributed by atoms with E-state index in [0.29, 0.717) is 18.7 Å². The van der Waals surface area contributed by atoms with Gasteiger partial charge in [-0.15, -0.1) is 11.3 Å². The average Bonchev–Trinajstić information content (AvgIpc) is 3.36. The summed E-state index contributed by atoms with van der Waals surface area (Å²) in [6.45, 7) is 7.69. The molecule has 0 saturated heterocycles. The Hall–Kier alpha value is -2.90. The normalized spacial score (nSPS) is 14.7. The van der Waals surface area contributed by atoms with E-state index in [1.807, 2.05) is 30.3 Å². The first-order valence-electron chi connectivity index (χ1n) is 11.5. The number of nitrogens with one attached hydrogen (secondary N) is 1. The molecule has 4 aromatic rings. The molecule has 5 nitrogen and oxygen atoms in total. The van der Waals surface area contributed by atoms with Crippen molar-refractivity contribution in [2.75, 3.05) is 18.5 Å². The lowest BCUT2D eigenvalue weighted by molar-refractivity contribution is 0.0696. The second kappa shape index (κ2) is 9.04. The molecule has 5 rings (SSSR count). The SMILES string of the molecule is Cc1ccc2nc(NCCOc3ccc(-c4sc5c(c4C(=O)O)CC(C)(C)CC5)cc3)sc2c1. The van der Waals surface area contributed by atoms with E-state index in [0.717, 1.165) is 51.7 Å². The van der Waals surface area contributed by atoms with E-state index >= 15 is 0 Å². The Bertz CT molecular complexity index is 1350. The second-order valence-corrected chi connectivity index (χ2v) is 11.8. The number of thiazole rings is 1. The van der Waals surface area contributed by atoms with Gasteiger partial charge in [0, 0.05) is 9.75 Å². The fourth-order valence-corrected chi connectivity index (χ4v) is 6.79. The number of benzene rings is 2. The molecule has 2 aromatic carbocycles. The average molecular weight is 493 g/mol. The van der Waals surface area contributed by atoms with Gasteiger partial charge in [0.25, 0.3) is 0 Å². The Kier molecular flexibility index (Phi) is 6.08. The number of carboxylic acids is 1. The van der Waals surface area contributed by atoms with E-state index in [1.165, 1.54) is 15.1 Å². The fraction of sp³-hybridized carbons (Fsp3) is 0.333. The van der Waals surface area contributed by atoms with Gasteiger partial charge in [-0.3, -0.25) is 0 Å². The van der Waals surface area contributed by atoms with Crippen molar-refractivity contribution >= 4 is 44.0 Å². The standard InChI is InChI=1S/C27H28N2O3S2/c1-16-4-9-20-22(14-16)34-26(29-20)28-12-13-32-18-7-5-17(6-8-18)24-23(25(30)31)19-15-27(2,3)11-10-21(19)33-24/h4-9,14H,10-13,15H2,1-3H3,(H,28,29)(H,30,31). The summed E-state index contributed by atoms with van der Waals surface area (Å²) in [6.07, 6.45) is 2.87. The molecule has 2 aromatic heterocycles. The van der Waals surface area contributed by atoms with Crippen molar-refractivity contribution in [1.29, 1.82) is 0 Å². The maximum Gasteiger partial charge on any atom is 0.337 e. The highest BCUT2D eigenvalue weighted by atomic mass is 32.1. The van der Waals surface area contributed by atoms with Gasteiger partial charge in [-0.25, -0.2) is 9.78 Å². The number of anilines is 1. The van der Waals surface area contributed by atoms with Crippen LogP contribution >= 0.6 is 22.7 Å². The van der Waals surface area contributed by atoms with Crippen LogP contribution in [0.15, 0.2) is 42.5 Å². The van der Waals surface area contributed by atoms with Gasteiger partial charge >= 0.3 is 5.97 Å². The third-order valence-electron chi connectivity index (χ3n) is 6.30. The molecule has 0 radical (unpaired) electrons. The highest BCUT2D eigenvalue weighted by Gasteiger charge is 2.32. The number of rotatable bonds is 7. The number of carbonyl (C=O) groups is 1. The largest absolute Gasteiger partial charge is 0.492 e. The second-order valence-electron chi connectivity index (χ2n) is 9.64. The van der Waals surface area contributed by atoms with Crippen molar-refractivity contribution in [3.05, 3.63) is 64.0 Å². The van der Waals surface area contributed by atoms with Crippen LogP contribution in [0.4, 0.5) is 5.13 Å². The van der Waals surface area contributed by atoms with Crippen LogP contribution in [-0.2, 0) is 12.8 Å². The van der Waals surface area contributed by atoms with Crippen LogP contribution < -0.4 is 10.1 Å². The molecular weight excluding hydrogens is 464 g/mol. The number of ether oxygens (including phenoxy) is 1. The minimum absolute atomic E-state index is 0.144. The van der Waals surface area contributed by atoms with Crippen molar-refractivity contribution in [2.24, 2.45) is 5.41 Å². The van der Waals surface area contributed by atoms with Crippen LogP contribution in [0.25, 0.3) is 20.7 Å². The molecule has 176 valence electrons. The van der Waals surface area contributed by atoms with Crippen molar-refractivity contribution in [3.63, 3.8) is 0 Å². The maximum atomic E-state index is 12.1. The van der Waals surface area contributed by atoms with Crippen LogP contribution in [0.1, 0.15) is 46.6 Å². The Balaban J connectivity index is 1.23. The number of aromatic nitrogens is 1. The smallest absolute Gasteiger partial charge is 0.337 e. The molecule has 1 aliphatic carbocycles. The monoisotopic (exact) mass is 492 g/mol. The maximum absolute atomic E-state index is 12.1. The zero-order chi connectivity index (χ0) is 23.9. The first-order chi connectivity index (χ1) is 16.3. The lowest BCUT2D eigenvalue weighted by Gasteiger charge is -2.29. The molecule has 0 bridgehead atoms. The molecule has 0 amide bonds. The highest BCUT2D eigenvalue weighted by molar-refractivity contribution is 7.22. The van der Waals surface area contributed by atoms with Gasteiger partial charge in [0.1, 0.15) is 12.4 Å². The molecule has 0 saturated carbocycles. The third kappa shape index (κ3) is 4.68. The lowest BCUT2D eigenvalue weighted by atomic mass is 9.76. The van der Waals surface area contributed by atoms with Crippen molar-refractivity contribution in [2.45, 2.75) is 40.0 Å². The van der Waals surface area contributed by atoms with Crippen molar-refractivity contribution in [1.82, 2.24) is 4.98 Å². The van der Waals surface area contributed by atoms with Gasteiger partial charge in [0.15, 0.2) is 5.13 Å². The minimum Gasteiger partial charge on any atom is -0.492 e. The molecule has 2 N–H and O–H groups in total. The number of hydrogen-bond donors (Lipinski definition) is 2. The molecule has 0 atom stereocenters. The number of carboxylic acid groups (broad SMARTS) is 1. The highest BCUT2D eigenvalue weighted by Crippen LogP contribution is 2.45. The number of hydrogen-bond acceptors (Lipinski definition) is 6. The summed E-state index contributed by atoms with van der Waals surface area (Å²) in [7, 11) is 0. The lowest BCUT2D eigenvalue weighted by Crippen LogP contribution is -2.22. The van der Waals surface area contributed by atoms with E-state index in [2.05, 4.69) is 43.2 Å². The van der Waals surface area contributed by atoms with Crippen LogP contribution in [0.2, 0.25) is 0 Å². The number of aromatic carboxylic acids is 1. The van der Waals surface area contributed by atoms with Crippen LogP contribution in [0, 0.1) is 12.3 Å². The number of thiophene rings is 1. The molecule has 0 unspecified atom stereocenters. The summed E-state index contributed by atoms with van der Waals surface area (Å²) < 4.78 is 7.08. The molecule has 0 aliphatic heterocycles. The molecule has 7 heteroatoms. The zero-order valence-electron chi connectivity index (χ0n) is 19.6. The molecule has 34 heavy (non-hydrogen) atoms. The Morgan fingerprint density at radius 2 is 1.97 bits per heavy atom. The first kappa shape index (κ1) is 22.9. The molecule has 1 aliphatic rings. The van der Waals surface area contributed by atoms with E-state index in [4.69, 9.17) is 4.74 Å². The zero-order valence-corrected chi connectivity index (χ0v) is 21.2. The predicted molar refractivity (Wildman–Crippen MR) is 141 cm³/mol. The number of aryl methyl sites for hydroxylation is 2. The third-order valence-corrected chi connectivity index (χ3v) is 8.61. The van der Waals surface area contributed by atoms with E-state index in [-0.39, 0.29) is 5.41 Å². The molecule has 0 spiro atoms. The van der Waals surface area contributed by atoms with Gasteiger partial charge in [-0.2, -0.15) is 0 Å². The quantitative estimate of drug-likeness (QED) is 0.271. The van der Waals surface area contributed by atoms with Crippen molar-refractivity contribution in [3.8, 4) is 16.2 Å². The van der Waals surface area contributed by atoms with E-state index in [9.17, 15) is 9.90 Å². The summed E-state index contributed by atoms with van der Waals surface area (Å²) in [4.78, 5) is 18.8. The fourth-order valence-electron chi connectivity index (χ4n) is 4.49. The van der Waals surface area contributed by atoms with Crippen LogP contribution in [-0.4, -0.2) is 29.2 Å². The van der Waals surface area contributed by atoms with Gasteiger partial charge in [-0.05, 0) is 84.7 Å². The Morgan fingerprint density at radius 1 is 1.18 bits per heavy atom. The molecule has 2 heterocycles. The summed E-state index contributed by atoms with van der Waals surface area (Å²) in [6, 6.07) is 14.0. The minimum atomic E-state index is -0.832. The summed E-state index contributed by atoms with van der Waals surface area (Å²) >= 11 is 3.28. The van der Waals surface area contributed by atoms with Crippen molar-refractivity contribution < 1.29 is 14.6 Å². The first-order valence-corrected chi connectivity index (χ1v) is 13.1. The molecular formula is C27H28N2O3S2. The number of nitrogens with zero attached hydrogens (tertiary/aromatic N) is 1. The topological polar surface area (TPSA) is 71.5 Å². The van der Waals surface area contributed by atoms with Gasteiger partial charge in [-0.1, -0.05) is 31.3 Å². The van der Waals surface area contributed by atoms with Gasteiger partial charge in [0.05, 0.1) is 22.3 Å². The number of fused-ring (bicyclic) bond motifs is 2. The summed E-state index contributed by atoms with van der Waals surface area (Å²) in [5.41, 5.74) is 4.83. The van der Waals surface area contributed by atoms with E-state index < -0.39 is 5.97 Å². The van der Waals surface area contributed by atoms with E-state index in [1.54, 1.807) is 22.7 Å².